The maximum absolute atomic E-state index is 11.8. The molecule has 0 aliphatic heterocycles. The Kier molecular flexibility index (Phi) is 5.51. The third-order valence-electron chi connectivity index (χ3n) is 3.32. The summed E-state index contributed by atoms with van der Waals surface area (Å²) in [5.41, 5.74) is 1.81. The molecule has 0 saturated heterocycles. The molecule has 0 spiro atoms. The summed E-state index contributed by atoms with van der Waals surface area (Å²) < 4.78 is 26.3. The summed E-state index contributed by atoms with van der Waals surface area (Å²) in [4.78, 5) is 4.15. The van der Waals surface area contributed by atoms with Crippen LogP contribution in [0, 0.1) is 6.92 Å². The van der Waals surface area contributed by atoms with Crippen LogP contribution >= 0.6 is 0 Å². The number of nitrogens with zero attached hydrogens (tertiary/aromatic N) is 1. The number of nitrogens with one attached hydrogen (secondary N) is 2. The van der Waals surface area contributed by atoms with Crippen LogP contribution in [0.4, 0.5) is 0 Å². The molecule has 0 unspecified atom stereocenters. The molecule has 0 radical (unpaired) electrons. The number of hydrogen-bond acceptors (Lipinski definition) is 4. The van der Waals surface area contributed by atoms with E-state index in [9.17, 15) is 8.42 Å². The molecule has 1 heterocycles. The van der Waals surface area contributed by atoms with Crippen LogP contribution in [0.25, 0.3) is 0 Å². The SMILES string of the molecule is Cc1ccc(CNS(=O)(=O)CCCCNC2CC2)cn1. The molecule has 1 aliphatic rings. The molecular weight excluding hydrogens is 274 g/mol. The lowest BCUT2D eigenvalue weighted by molar-refractivity contribution is 0.572. The second kappa shape index (κ2) is 7.15. The van der Waals surface area contributed by atoms with Crippen molar-refractivity contribution in [1.82, 2.24) is 15.0 Å². The fourth-order valence-electron chi connectivity index (χ4n) is 1.88. The molecule has 2 rings (SSSR count). The van der Waals surface area contributed by atoms with Crippen LogP contribution in [0.2, 0.25) is 0 Å². The first-order valence-corrected chi connectivity index (χ1v) is 8.83. The average Bonchev–Trinajstić information content (AvgIpc) is 3.22. The van der Waals surface area contributed by atoms with E-state index in [-0.39, 0.29) is 5.75 Å². The van der Waals surface area contributed by atoms with Gasteiger partial charge in [0, 0.05) is 24.5 Å². The van der Waals surface area contributed by atoms with Gasteiger partial charge >= 0.3 is 0 Å². The number of pyridine rings is 1. The van der Waals surface area contributed by atoms with Gasteiger partial charge in [0.05, 0.1) is 5.75 Å². The van der Waals surface area contributed by atoms with Crippen LogP contribution in [0.5, 0.6) is 0 Å². The van der Waals surface area contributed by atoms with E-state index in [0.29, 0.717) is 19.0 Å². The Morgan fingerprint density at radius 3 is 2.75 bits per heavy atom. The first kappa shape index (κ1) is 15.4. The summed E-state index contributed by atoms with van der Waals surface area (Å²) in [7, 11) is -3.18. The zero-order chi connectivity index (χ0) is 14.4. The van der Waals surface area contributed by atoms with Crippen LogP contribution in [-0.4, -0.2) is 31.7 Å². The van der Waals surface area contributed by atoms with E-state index < -0.39 is 10.0 Å². The Bertz CT molecular complexity index is 510. The summed E-state index contributed by atoms with van der Waals surface area (Å²) in [5, 5.41) is 3.38. The van der Waals surface area contributed by atoms with Crippen molar-refractivity contribution in [2.75, 3.05) is 12.3 Å². The smallest absolute Gasteiger partial charge is 0.211 e. The van der Waals surface area contributed by atoms with Gasteiger partial charge in [-0.2, -0.15) is 0 Å². The van der Waals surface area contributed by atoms with Crippen molar-refractivity contribution in [3.8, 4) is 0 Å². The van der Waals surface area contributed by atoms with Crippen molar-refractivity contribution in [2.45, 2.75) is 45.2 Å². The van der Waals surface area contributed by atoms with Gasteiger partial charge in [-0.3, -0.25) is 4.98 Å². The maximum atomic E-state index is 11.8. The van der Waals surface area contributed by atoms with E-state index in [1.54, 1.807) is 6.20 Å². The maximum Gasteiger partial charge on any atom is 0.211 e. The number of aryl methyl sites for hydroxylation is 1. The Labute approximate surface area is 121 Å². The molecule has 2 N–H and O–H groups in total. The Hall–Kier alpha value is -0.980. The predicted molar refractivity (Wildman–Crippen MR) is 79.9 cm³/mol. The minimum Gasteiger partial charge on any atom is -0.314 e. The van der Waals surface area contributed by atoms with Gasteiger partial charge in [-0.05, 0) is 50.8 Å². The van der Waals surface area contributed by atoms with E-state index in [0.717, 1.165) is 24.2 Å². The van der Waals surface area contributed by atoms with Gasteiger partial charge in [0.2, 0.25) is 10.0 Å². The third-order valence-corrected chi connectivity index (χ3v) is 4.73. The van der Waals surface area contributed by atoms with Gasteiger partial charge in [0.1, 0.15) is 0 Å². The van der Waals surface area contributed by atoms with Crippen LogP contribution in [0.3, 0.4) is 0 Å². The van der Waals surface area contributed by atoms with Crippen molar-refractivity contribution in [3.05, 3.63) is 29.6 Å². The minimum atomic E-state index is -3.18. The summed E-state index contributed by atoms with van der Waals surface area (Å²) in [6, 6.07) is 4.47. The average molecular weight is 297 g/mol. The highest BCUT2D eigenvalue weighted by Crippen LogP contribution is 2.18. The van der Waals surface area contributed by atoms with Crippen LogP contribution < -0.4 is 10.0 Å². The molecule has 112 valence electrons. The van der Waals surface area contributed by atoms with Gasteiger partial charge in [-0.1, -0.05) is 6.07 Å². The first-order chi connectivity index (χ1) is 9.55. The lowest BCUT2D eigenvalue weighted by atomic mass is 10.2. The van der Waals surface area contributed by atoms with Crippen LogP contribution in [0.1, 0.15) is 36.9 Å². The number of hydrogen-bond donors (Lipinski definition) is 2. The van der Waals surface area contributed by atoms with Gasteiger partial charge in [-0.15, -0.1) is 0 Å². The monoisotopic (exact) mass is 297 g/mol. The molecule has 1 aromatic heterocycles. The van der Waals surface area contributed by atoms with E-state index in [1.807, 2.05) is 19.1 Å². The highest BCUT2D eigenvalue weighted by molar-refractivity contribution is 7.89. The second-order valence-electron chi connectivity index (χ2n) is 5.38. The van der Waals surface area contributed by atoms with Crippen molar-refractivity contribution < 1.29 is 8.42 Å². The predicted octanol–water partition coefficient (Wildman–Crippen LogP) is 1.34. The first-order valence-electron chi connectivity index (χ1n) is 7.17. The quantitative estimate of drug-likeness (QED) is 0.675. The Balaban J connectivity index is 1.63. The molecule has 0 atom stereocenters. The lowest BCUT2D eigenvalue weighted by Crippen LogP contribution is -2.26. The molecule has 1 aromatic rings. The number of aromatic nitrogens is 1. The standard InChI is InChI=1S/C14H23N3O2S/c1-12-4-5-13(10-16-12)11-17-20(18,19)9-3-2-8-15-14-6-7-14/h4-5,10,14-15,17H,2-3,6-9,11H2,1H3. The normalized spacial score (nSPS) is 15.4. The fraction of sp³-hybridized carbons (Fsp3) is 0.643. The molecule has 0 aromatic carbocycles. The summed E-state index contributed by atoms with van der Waals surface area (Å²) >= 11 is 0. The van der Waals surface area contributed by atoms with Gasteiger partial charge in [0.15, 0.2) is 0 Å². The molecule has 6 heteroatoms. The minimum absolute atomic E-state index is 0.193. The summed E-state index contributed by atoms with van der Waals surface area (Å²) in [6.45, 7) is 3.14. The summed E-state index contributed by atoms with van der Waals surface area (Å²) in [5.74, 6) is 0.193. The van der Waals surface area contributed by atoms with Gasteiger partial charge in [-0.25, -0.2) is 13.1 Å². The van der Waals surface area contributed by atoms with Crippen LogP contribution in [-0.2, 0) is 16.6 Å². The summed E-state index contributed by atoms with van der Waals surface area (Å²) in [6.07, 6.45) is 5.84. The zero-order valence-electron chi connectivity index (χ0n) is 11.9. The van der Waals surface area contributed by atoms with E-state index in [2.05, 4.69) is 15.0 Å². The molecule has 0 amide bonds. The third kappa shape index (κ3) is 5.98. The number of unbranched alkanes of at least 4 members (excludes halogenated alkanes) is 1. The second-order valence-corrected chi connectivity index (χ2v) is 7.31. The van der Waals surface area contributed by atoms with Gasteiger partial charge in [0.25, 0.3) is 0 Å². The Morgan fingerprint density at radius 2 is 2.10 bits per heavy atom. The fourth-order valence-corrected chi connectivity index (χ4v) is 2.99. The Morgan fingerprint density at radius 1 is 1.30 bits per heavy atom. The number of rotatable bonds is 9. The van der Waals surface area contributed by atoms with Crippen molar-refractivity contribution in [3.63, 3.8) is 0 Å². The molecule has 5 nitrogen and oxygen atoms in total. The number of sulfonamides is 1. The van der Waals surface area contributed by atoms with E-state index >= 15 is 0 Å². The van der Waals surface area contributed by atoms with Crippen molar-refractivity contribution >= 4 is 10.0 Å². The molecule has 1 fully saturated rings. The highest BCUT2D eigenvalue weighted by Gasteiger charge is 2.19. The van der Waals surface area contributed by atoms with E-state index in [1.165, 1.54) is 12.8 Å². The van der Waals surface area contributed by atoms with E-state index in [4.69, 9.17) is 0 Å². The highest BCUT2D eigenvalue weighted by atomic mass is 32.2. The molecule has 0 bridgehead atoms. The van der Waals surface area contributed by atoms with Gasteiger partial charge < -0.3 is 5.32 Å². The molecular formula is C14H23N3O2S. The lowest BCUT2D eigenvalue weighted by Gasteiger charge is -2.07. The van der Waals surface area contributed by atoms with Crippen molar-refractivity contribution in [2.24, 2.45) is 0 Å². The molecule has 1 saturated carbocycles. The topological polar surface area (TPSA) is 71.1 Å². The van der Waals surface area contributed by atoms with Crippen LogP contribution in [0.15, 0.2) is 18.3 Å². The molecule has 1 aliphatic carbocycles. The zero-order valence-corrected chi connectivity index (χ0v) is 12.7. The molecule has 20 heavy (non-hydrogen) atoms. The largest absolute Gasteiger partial charge is 0.314 e. The van der Waals surface area contributed by atoms with Crippen molar-refractivity contribution in [1.29, 1.82) is 0 Å².